The van der Waals surface area contributed by atoms with Crippen LogP contribution in [0.4, 0.5) is 4.79 Å². The zero-order valence-corrected chi connectivity index (χ0v) is 10.9. The topological polar surface area (TPSA) is 110 Å². The van der Waals surface area contributed by atoms with Crippen LogP contribution in [0.5, 0.6) is 0 Å². The molecule has 1 fully saturated rings. The molecule has 0 spiro atoms. The summed E-state index contributed by atoms with van der Waals surface area (Å²) in [5.74, 6) is -3.73. The smallest absolute Gasteiger partial charge is 0.335 e. The number of esters is 2. The maximum Gasteiger partial charge on any atom is 0.335 e. The van der Waals surface area contributed by atoms with E-state index in [1.807, 2.05) is 0 Å². The lowest BCUT2D eigenvalue weighted by Crippen LogP contribution is -2.58. The molecule has 0 unspecified atom stereocenters. The van der Waals surface area contributed by atoms with Gasteiger partial charge in [0.15, 0.2) is 0 Å². The Morgan fingerprint density at radius 2 is 1.30 bits per heavy atom. The monoisotopic (exact) mass is 284 g/mol. The van der Waals surface area contributed by atoms with Crippen LogP contribution in [0.3, 0.4) is 0 Å². The van der Waals surface area contributed by atoms with Crippen molar-refractivity contribution in [1.29, 1.82) is 0 Å². The van der Waals surface area contributed by atoms with Crippen LogP contribution in [0.25, 0.3) is 0 Å². The van der Waals surface area contributed by atoms with Gasteiger partial charge in [-0.3, -0.25) is 19.2 Å². The van der Waals surface area contributed by atoms with Crippen molar-refractivity contribution in [2.75, 3.05) is 27.3 Å². The van der Waals surface area contributed by atoms with Gasteiger partial charge in [-0.25, -0.2) is 14.6 Å². The third-order valence-electron chi connectivity index (χ3n) is 2.50. The SMILES string of the molecule is C=C1C(=O)N(CC(=O)OC)C(=O)N(CC(=O)OC)C1=O. The fraction of sp³-hybridized carbons (Fsp3) is 0.364. The van der Waals surface area contributed by atoms with Crippen molar-refractivity contribution in [3.05, 3.63) is 12.2 Å². The number of hydrogen-bond acceptors (Lipinski definition) is 7. The van der Waals surface area contributed by atoms with E-state index in [-0.39, 0.29) is 0 Å². The average molecular weight is 284 g/mol. The first kappa shape index (κ1) is 15.3. The van der Waals surface area contributed by atoms with Crippen molar-refractivity contribution in [2.45, 2.75) is 0 Å². The maximum absolute atomic E-state index is 11.9. The normalized spacial score (nSPS) is 15.5. The summed E-state index contributed by atoms with van der Waals surface area (Å²) in [4.78, 5) is 58.7. The highest BCUT2D eigenvalue weighted by atomic mass is 16.5. The van der Waals surface area contributed by atoms with Crippen LogP contribution in [0, 0.1) is 0 Å². The molecule has 1 aliphatic heterocycles. The molecule has 0 saturated carbocycles. The van der Waals surface area contributed by atoms with Crippen LogP contribution in [0.2, 0.25) is 0 Å². The second kappa shape index (κ2) is 5.95. The molecule has 1 aliphatic rings. The van der Waals surface area contributed by atoms with Crippen molar-refractivity contribution < 1.29 is 33.4 Å². The number of urea groups is 1. The molecule has 0 aromatic rings. The number of nitrogens with zero attached hydrogens (tertiary/aromatic N) is 2. The summed E-state index contributed by atoms with van der Waals surface area (Å²) < 4.78 is 8.68. The first-order valence-corrected chi connectivity index (χ1v) is 5.33. The molecule has 9 heteroatoms. The van der Waals surface area contributed by atoms with Crippen LogP contribution >= 0.6 is 0 Å². The highest BCUT2D eigenvalue weighted by molar-refractivity contribution is 6.29. The van der Waals surface area contributed by atoms with Gasteiger partial charge in [0.2, 0.25) is 0 Å². The zero-order valence-electron chi connectivity index (χ0n) is 10.9. The Labute approximate surface area is 113 Å². The molecule has 9 nitrogen and oxygen atoms in total. The van der Waals surface area contributed by atoms with E-state index in [1.54, 1.807) is 0 Å². The molecule has 0 radical (unpaired) electrons. The molecule has 1 heterocycles. The van der Waals surface area contributed by atoms with Gasteiger partial charge in [-0.15, -0.1) is 0 Å². The molecule has 1 rings (SSSR count). The number of amides is 4. The Morgan fingerprint density at radius 3 is 1.60 bits per heavy atom. The molecule has 20 heavy (non-hydrogen) atoms. The standard InChI is InChI=1S/C11H12N2O7/c1-6-9(16)12(4-7(14)19-2)11(18)13(10(6)17)5-8(15)20-3/h1,4-5H2,2-3H3. The summed E-state index contributed by atoms with van der Waals surface area (Å²) in [5, 5.41) is 0. The van der Waals surface area contributed by atoms with Crippen LogP contribution in [-0.4, -0.2) is 66.9 Å². The average Bonchev–Trinajstić information content (AvgIpc) is 2.45. The molecule has 0 aliphatic carbocycles. The third kappa shape index (κ3) is 2.82. The molecular weight excluding hydrogens is 272 g/mol. The van der Waals surface area contributed by atoms with E-state index in [4.69, 9.17) is 0 Å². The van der Waals surface area contributed by atoms with Crippen LogP contribution in [0.1, 0.15) is 0 Å². The number of methoxy groups -OCH3 is 2. The van der Waals surface area contributed by atoms with Crippen molar-refractivity contribution in [2.24, 2.45) is 0 Å². The number of hydrogen-bond donors (Lipinski definition) is 0. The Morgan fingerprint density at radius 1 is 0.950 bits per heavy atom. The molecule has 0 N–H and O–H groups in total. The number of rotatable bonds is 4. The Hall–Kier alpha value is -2.71. The van der Waals surface area contributed by atoms with E-state index in [1.165, 1.54) is 0 Å². The van der Waals surface area contributed by atoms with Gasteiger partial charge in [0.1, 0.15) is 13.1 Å². The molecule has 0 aromatic heterocycles. The van der Waals surface area contributed by atoms with Gasteiger partial charge < -0.3 is 9.47 Å². The van der Waals surface area contributed by atoms with E-state index < -0.39 is 48.4 Å². The highest BCUT2D eigenvalue weighted by Crippen LogP contribution is 2.16. The maximum atomic E-state index is 11.9. The van der Waals surface area contributed by atoms with E-state index in [0.29, 0.717) is 9.80 Å². The van der Waals surface area contributed by atoms with E-state index in [2.05, 4.69) is 16.1 Å². The number of carbonyl (C=O) groups excluding carboxylic acids is 5. The predicted octanol–water partition coefficient (Wildman–Crippen LogP) is -1.32. The fourth-order valence-electron chi connectivity index (χ4n) is 1.40. The molecular formula is C11H12N2O7. The zero-order chi connectivity index (χ0) is 15.4. The van der Waals surface area contributed by atoms with E-state index in [0.717, 1.165) is 14.2 Å². The number of ether oxygens (including phenoxy) is 2. The Bertz CT molecular complexity index is 469. The first-order chi connectivity index (χ1) is 9.33. The van der Waals surface area contributed by atoms with Crippen molar-refractivity contribution in [3.8, 4) is 0 Å². The molecule has 1 saturated heterocycles. The van der Waals surface area contributed by atoms with Crippen molar-refractivity contribution >= 4 is 29.8 Å². The lowest BCUT2D eigenvalue weighted by Gasteiger charge is -2.32. The summed E-state index contributed by atoms with van der Waals surface area (Å²) in [7, 11) is 2.15. The van der Waals surface area contributed by atoms with Gasteiger partial charge in [-0.2, -0.15) is 0 Å². The third-order valence-corrected chi connectivity index (χ3v) is 2.50. The lowest BCUT2D eigenvalue weighted by atomic mass is 10.2. The molecule has 0 bridgehead atoms. The second-order valence-corrected chi connectivity index (χ2v) is 3.70. The number of imide groups is 2. The summed E-state index contributed by atoms with van der Waals surface area (Å²) in [6.45, 7) is 1.87. The van der Waals surface area contributed by atoms with Gasteiger partial charge in [-0.05, 0) is 0 Å². The van der Waals surface area contributed by atoms with Gasteiger partial charge in [-0.1, -0.05) is 6.58 Å². The summed E-state index contributed by atoms with van der Waals surface area (Å²) >= 11 is 0. The largest absolute Gasteiger partial charge is 0.468 e. The quantitative estimate of drug-likeness (QED) is 0.357. The van der Waals surface area contributed by atoms with E-state index in [9.17, 15) is 24.0 Å². The molecule has 108 valence electrons. The minimum absolute atomic E-state index is 0.471. The van der Waals surface area contributed by atoms with Crippen molar-refractivity contribution in [1.82, 2.24) is 9.80 Å². The summed E-state index contributed by atoms with van der Waals surface area (Å²) in [6.07, 6.45) is 0. The number of barbiturate groups is 1. The minimum atomic E-state index is -1.11. The summed E-state index contributed by atoms with van der Waals surface area (Å²) in [5.41, 5.74) is -0.530. The molecule has 0 atom stereocenters. The van der Waals surface area contributed by atoms with Crippen LogP contribution < -0.4 is 0 Å². The molecule has 4 amide bonds. The molecule has 0 aromatic carbocycles. The van der Waals surface area contributed by atoms with Crippen LogP contribution in [-0.2, 0) is 28.7 Å². The van der Waals surface area contributed by atoms with E-state index >= 15 is 0 Å². The van der Waals surface area contributed by atoms with Gasteiger partial charge in [0, 0.05) is 0 Å². The van der Waals surface area contributed by atoms with Gasteiger partial charge >= 0.3 is 18.0 Å². The van der Waals surface area contributed by atoms with Crippen molar-refractivity contribution in [3.63, 3.8) is 0 Å². The first-order valence-electron chi connectivity index (χ1n) is 5.33. The van der Waals surface area contributed by atoms with Gasteiger partial charge in [0.05, 0.1) is 19.8 Å². The predicted molar refractivity (Wildman–Crippen MR) is 62.0 cm³/mol. The summed E-state index contributed by atoms with van der Waals surface area (Å²) in [6, 6.07) is -1.11. The van der Waals surface area contributed by atoms with Gasteiger partial charge in [0.25, 0.3) is 11.8 Å². The second-order valence-electron chi connectivity index (χ2n) is 3.70. The highest BCUT2D eigenvalue weighted by Gasteiger charge is 2.42. The fourth-order valence-corrected chi connectivity index (χ4v) is 1.40. The van der Waals surface area contributed by atoms with Crippen LogP contribution in [0.15, 0.2) is 12.2 Å². The minimum Gasteiger partial charge on any atom is -0.468 e. The number of carbonyl (C=O) groups is 5. The Kier molecular flexibility index (Phi) is 4.57. The Balaban J connectivity index is 3.02. The lowest BCUT2D eigenvalue weighted by molar-refractivity contribution is -0.149.